The van der Waals surface area contributed by atoms with Crippen LogP contribution in [0, 0.1) is 0 Å². The lowest BCUT2D eigenvalue weighted by atomic mass is 10.1. The molecule has 0 aliphatic heterocycles. The van der Waals surface area contributed by atoms with Gasteiger partial charge in [0.25, 0.3) is 0 Å². The number of amides is 3. The number of hydrogen-bond donors (Lipinski definition) is 2. The molecule has 152 valence electrons. The Kier molecular flexibility index (Phi) is 8.13. The van der Waals surface area contributed by atoms with Crippen LogP contribution in [0.1, 0.15) is 59.9 Å². The Morgan fingerprint density at radius 1 is 1.15 bits per heavy atom. The quantitative estimate of drug-likeness (QED) is 0.749. The lowest BCUT2D eigenvalue weighted by Crippen LogP contribution is -2.51. The van der Waals surface area contributed by atoms with Gasteiger partial charge in [-0.05, 0) is 57.9 Å². The number of rotatable bonds is 7. The van der Waals surface area contributed by atoms with E-state index in [1.165, 1.54) is 0 Å². The molecule has 27 heavy (non-hydrogen) atoms. The second-order valence-corrected chi connectivity index (χ2v) is 8.20. The summed E-state index contributed by atoms with van der Waals surface area (Å²) >= 11 is 0. The highest BCUT2D eigenvalue weighted by Gasteiger charge is 2.24. The number of hydrogen-bond acceptors (Lipinski definition) is 3. The van der Waals surface area contributed by atoms with Crippen molar-refractivity contribution in [2.75, 3.05) is 24.3 Å². The van der Waals surface area contributed by atoms with E-state index in [-0.39, 0.29) is 23.5 Å². The highest BCUT2D eigenvalue weighted by atomic mass is 16.2. The zero-order valence-electron chi connectivity index (χ0n) is 18.1. The number of urea groups is 1. The normalized spacial score (nSPS) is 12.3. The van der Waals surface area contributed by atoms with Gasteiger partial charge in [0.1, 0.15) is 0 Å². The van der Waals surface area contributed by atoms with E-state index < -0.39 is 0 Å². The zero-order chi connectivity index (χ0) is 20.8. The van der Waals surface area contributed by atoms with Crippen molar-refractivity contribution in [1.29, 1.82) is 0 Å². The highest BCUT2D eigenvalue weighted by molar-refractivity contribution is 5.91. The first-order valence-electron chi connectivity index (χ1n) is 9.67. The molecule has 1 aromatic rings. The number of carbonyl (C=O) groups is 2. The predicted octanol–water partition coefficient (Wildman–Crippen LogP) is 4.21. The maximum Gasteiger partial charge on any atom is 0.318 e. The molecule has 3 amide bonds. The number of anilines is 2. The zero-order valence-corrected chi connectivity index (χ0v) is 18.1. The van der Waals surface area contributed by atoms with Gasteiger partial charge < -0.3 is 20.4 Å². The topological polar surface area (TPSA) is 64.7 Å². The fraction of sp³-hybridized carbons (Fsp3) is 0.619. The Balaban J connectivity index is 3.22. The molecule has 0 saturated carbocycles. The molecule has 0 spiro atoms. The standard InChI is InChI=1S/C21H36N4O2/c1-9-15(3)25(20(27)23-21(4,5)6)14-16-13-17(22-19(26)10-2)11-12-18(16)24(7)8/h11-13,15H,9-10,14H2,1-8H3,(H,22,26)(H,23,27)/t15-/m0/s1. The molecule has 1 rings (SSSR count). The molecule has 6 nitrogen and oxygen atoms in total. The molecule has 1 aromatic carbocycles. The summed E-state index contributed by atoms with van der Waals surface area (Å²) in [6.45, 7) is 12.4. The van der Waals surface area contributed by atoms with Gasteiger partial charge in [0, 0.05) is 50.0 Å². The van der Waals surface area contributed by atoms with E-state index in [2.05, 4.69) is 24.5 Å². The number of nitrogens with one attached hydrogen (secondary N) is 2. The van der Waals surface area contributed by atoms with Crippen molar-refractivity contribution in [2.45, 2.75) is 72.5 Å². The molecular weight excluding hydrogens is 340 g/mol. The van der Waals surface area contributed by atoms with Crippen LogP contribution in [0.5, 0.6) is 0 Å². The minimum Gasteiger partial charge on any atom is -0.377 e. The van der Waals surface area contributed by atoms with E-state index in [1.807, 2.05) is 69.8 Å². The molecule has 0 bridgehead atoms. The van der Waals surface area contributed by atoms with Gasteiger partial charge in [-0.3, -0.25) is 4.79 Å². The molecule has 0 aliphatic carbocycles. The lowest BCUT2D eigenvalue weighted by molar-refractivity contribution is -0.115. The maximum absolute atomic E-state index is 12.9. The van der Waals surface area contributed by atoms with Crippen LogP contribution in [0.3, 0.4) is 0 Å². The molecule has 0 saturated heterocycles. The van der Waals surface area contributed by atoms with Gasteiger partial charge in [-0.15, -0.1) is 0 Å². The van der Waals surface area contributed by atoms with E-state index in [0.717, 1.165) is 23.4 Å². The van der Waals surface area contributed by atoms with Gasteiger partial charge in [-0.25, -0.2) is 4.79 Å². The Hall–Kier alpha value is -2.24. The molecule has 6 heteroatoms. The molecule has 0 aromatic heterocycles. The van der Waals surface area contributed by atoms with Crippen molar-refractivity contribution in [3.63, 3.8) is 0 Å². The van der Waals surface area contributed by atoms with Crippen molar-refractivity contribution >= 4 is 23.3 Å². The Morgan fingerprint density at radius 3 is 2.26 bits per heavy atom. The van der Waals surface area contributed by atoms with Crippen LogP contribution in [0.15, 0.2) is 18.2 Å². The van der Waals surface area contributed by atoms with Crippen LogP contribution in [0.4, 0.5) is 16.2 Å². The van der Waals surface area contributed by atoms with Gasteiger partial charge >= 0.3 is 6.03 Å². The second kappa shape index (κ2) is 9.62. The SMILES string of the molecule is CCC(=O)Nc1ccc(N(C)C)c(CN(C(=O)NC(C)(C)C)[C@@H](C)CC)c1. The Labute approximate surface area is 164 Å². The van der Waals surface area contributed by atoms with Crippen LogP contribution >= 0.6 is 0 Å². The number of nitrogens with zero attached hydrogens (tertiary/aromatic N) is 2. The summed E-state index contributed by atoms with van der Waals surface area (Å²) in [4.78, 5) is 28.5. The second-order valence-electron chi connectivity index (χ2n) is 8.20. The third-order valence-electron chi connectivity index (χ3n) is 4.37. The molecular formula is C21H36N4O2. The van der Waals surface area contributed by atoms with Crippen molar-refractivity contribution in [3.8, 4) is 0 Å². The van der Waals surface area contributed by atoms with E-state index >= 15 is 0 Å². The smallest absolute Gasteiger partial charge is 0.318 e. The van der Waals surface area contributed by atoms with Crippen molar-refractivity contribution in [2.24, 2.45) is 0 Å². The minimum atomic E-state index is -0.301. The summed E-state index contributed by atoms with van der Waals surface area (Å²) in [5.41, 5.74) is 2.48. The van der Waals surface area contributed by atoms with Crippen LogP contribution in [-0.4, -0.2) is 42.5 Å². The first-order chi connectivity index (χ1) is 12.5. The maximum atomic E-state index is 12.9. The molecule has 0 fully saturated rings. The first kappa shape index (κ1) is 22.8. The van der Waals surface area contributed by atoms with E-state index in [9.17, 15) is 9.59 Å². The monoisotopic (exact) mass is 376 g/mol. The van der Waals surface area contributed by atoms with Crippen molar-refractivity contribution in [1.82, 2.24) is 10.2 Å². The lowest BCUT2D eigenvalue weighted by Gasteiger charge is -2.33. The molecule has 0 aliphatic rings. The molecule has 0 radical (unpaired) electrons. The van der Waals surface area contributed by atoms with Gasteiger partial charge in [-0.2, -0.15) is 0 Å². The molecule has 0 heterocycles. The molecule has 0 unspecified atom stereocenters. The van der Waals surface area contributed by atoms with Crippen molar-refractivity contribution in [3.05, 3.63) is 23.8 Å². The summed E-state index contributed by atoms with van der Waals surface area (Å²) < 4.78 is 0. The third-order valence-corrected chi connectivity index (χ3v) is 4.37. The van der Waals surface area contributed by atoms with Crippen LogP contribution < -0.4 is 15.5 Å². The summed E-state index contributed by atoms with van der Waals surface area (Å²) in [5, 5.41) is 5.97. The van der Waals surface area contributed by atoms with Gasteiger partial charge in [0.05, 0.1) is 0 Å². The van der Waals surface area contributed by atoms with Crippen LogP contribution in [-0.2, 0) is 11.3 Å². The van der Waals surface area contributed by atoms with Gasteiger partial charge in [0.15, 0.2) is 0 Å². The van der Waals surface area contributed by atoms with Gasteiger partial charge in [0.2, 0.25) is 5.91 Å². The average Bonchev–Trinajstić information content (AvgIpc) is 2.57. The number of carbonyl (C=O) groups excluding carboxylic acids is 2. The first-order valence-corrected chi connectivity index (χ1v) is 9.67. The summed E-state index contributed by atoms with van der Waals surface area (Å²) in [6.07, 6.45) is 1.29. The highest BCUT2D eigenvalue weighted by Crippen LogP contribution is 2.26. The third kappa shape index (κ3) is 7.12. The summed E-state index contributed by atoms with van der Waals surface area (Å²) in [7, 11) is 3.96. The largest absolute Gasteiger partial charge is 0.377 e. The van der Waals surface area contributed by atoms with E-state index in [4.69, 9.17) is 0 Å². The van der Waals surface area contributed by atoms with E-state index in [0.29, 0.717) is 13.0 Å². The van der Waals surface area contributed by atoms with Crippen LogP contribution in [0.2, 0.25) is 0 Å². The molecule has 2 N–H and O–H groups in total. The van der Waals surface area contributed by atoms with Crippen molar-refractivity contribution < 1.29 is 9.59 Å². The van der Waals surface area contributed by atoms with E-state index in [1.54, 1.807) is 0 Å². The predicted molar refractivity (Wildman–Crippen MR) is 113 cm³/mol. The van der Waals surface area contributed by atoms with Gasteiger partial charge in [-0.1, -0.05) is 13.8 Å². The Bertz CT molecular complexity index is 650. The average molecular weight is 377 g/mol. The minimum absolute atomic E-state index is 0.0252. The fourth-order valence-corrected chi connectivity index (χ4v) is 2.70. The Morgan fingerprint density at radius 2 is 1.78 bits per heavy atom. The number of benzene rings is 1. The summed E-state index contributed by atoms with van der Waals surface area (Å²) in [5.74, 6) is -0.0252. The summed E-state index contributed by atoms with van der Waals surface area (Å²) in [6, 6.07) is 5.86. The molecule has 1 atom stereocenters. The fourth-order valence-electron chi connectivity index (χ4n) is 2.70. The van der Waals surface area contributed by atoms with Crippen LogP contribution in [0.25, 0.3) is 0 Å².